The van der Waals surface area contributed by atoms with Gasteiger partial charge in [0, 0.05) is 0 Å². The van der Waals surface area contributed by atoms with Crippen LogP contribution in [-0.4, -0.2) is 9.78 Å². The van der Waals surface area contributed by atoms with Gasteiger partial charge in [-0.1, -0.05) is 44.2 Å². The van der Waals surface area contributed by atoms with Crippen molar-refractivity contribution in [2.75, 3.05) is 5.73 Å². The van der Waals surface area contributed by atoms with E-state index in [1.807, 2.05) is 29.8 Å². The molecule has 2 aromatic rings. The lowest BCUT2D eigenvalue weighted by molar-refractivity contribution is 0.406. The van der Waals surface area contributed by atoms with E-state index in [0.29, 0.717) is 11.7 Å². The van der Waals surface area contributed by atoms with Crippen LogP contribution in [0.2, 0.25) is 0 Å². The van der Waals surface area contributed by atoms with Gasteiger partial charge in [-0.3, -0.25) is 0 Å². The normalized spacial score (nSPS) is 12.9. The number of benzene rings is 1. The van der Waals surface area contributed by atoms with E-state index in [4.69, 9.17) is 5.73 Å². The molecule has 0 aliphatic carbocycles. The number of rotatable bonds is 3. The highest BCUT2D eigenvalue weighted by Crippen LogP contribution is 2.32. The molecule has 2 N–H and O–H groups in total. The molecule has 0 saturated heterocycles. The highest BCUT2D eigenvalue weighted by molar-refractivity contribution is 9.10. The van der Waals surface area contributed by atoms with E-state index in [0.717, 1.165) is 10.2 Å². The number of nitrogens with zero attached hydrogens (tertiary/aromatic N) is 2. The minimum absolute atomic E-state index is 0.163. The number of aryl methyl sites for hydroxylation is 1. The van der Waals surface area contributed by atoms with Crippen molar-refractivity contribution in [1.82, 2.24) is 9.78 Å². The molecule has 1 aromatic heterocycles. The smallest absolute Gasteiger partial charge is 0.137 e. The Labute approximate surface area is 116 Å². The maximum Gasteiger partial charge on any atom is 0.137 e. The van der Waals surface area contributed by atoms with Gasteiger partial charge in [-0.25, -0.2) is 4.68 Å². The third kappa shape index (κ3) is 2.29. The second kappa shape index (κ2) is 5.14. The van der Waals surface area contributed by atoms with Gasteiger partial charge in [0.05, 0.1) is 16.2 Å². The van der Waals surface area contributed by atoms with Crippen LogP contribution < -0.4 is 5.73 Å². The Morgan fingerprint density at radius 3 is 2.28 bits per heavy atom. The molecule has 2 rings (SSSR count). The first-order chi connectivity index (χ1) is 8.52. The van der Waals surface area contributed by atoms with Crippen molar-refractivity contribution in [3.05, 3.63) is 46.1 Å². The molecule has 1 atom stereocenters. The molecule has 0 spiro atoms. The van der Waals surface area contributed by atoms with Crippen molar-refractivity contribution in [3.63, 3.8) is 0 Å². The number of aromatic nitrogens is 2. The van der Waals surface area contributed by atoms with Crippen molar-refractivity contribution in [1.29, 1.82) is 0 Å². The van der Waals surface area contributed by atoms with Gasteiger partial charge < -0.3 is 5.73 Å². The average molecular weight is 308 g/mol. The lowest BCUT2D eigenvalue weighted by Gasteiger charge is -2.23. The fraction of sp³-hybridized carbons (Fsp3) is 0.357. The van der Waals surface area contributed by atoms with Crippen molar-refractivity contribution < 1.29 is 0 Å². The molecule has 0 saturated carbocycles. The number of halogens is 1. The Morgan fingerprint density at radius 2 is 1.83 bits per heavy atom. The summed E-state index contributed by atoms with van der Waals surface area (Å²) < 4.78 is 2.81. The van der Waals surface area contributed by atoms with Gasteiger partial charge >= 0.3 is 0 Å². The van der Waals surface area contributed by atoms with Crippen molar-refractivity contribution >= 4 is 21.7 Å². The van der Waals surface area contributed by atoms with E-state index in [1.54, 1.807) is 0 Å². The summed E-state index contributed by atoms with van der Waals surface area (Å²) in [7, 11) is 0. The van der Waals surface area contributed by atoms with E-state index in [1.165, 1.54) is 5.56 Å². The molecule has 96 valence electrons. The second-order valence-corrected chi connectivity index (χ2v) is 5.62. The summed E-state index contributed by atoms with van der Waals surface area (Å²) in [5.41, 5.74) is 8.29. The van der Waals surface area contributed by atoms with E-state index < -0.39 is 0 Å². The van der Waals surface area contributed by atoms with Gasteiger partial charge in [0.2, 0.25) is 0 Å². The van der Waals surface area contributed by atoms with Gasteiger partial charge in [0.25, 0.3) is 0 Å². The quantitative estimate of drug-likeness (QED) is 0.937. The molecule has 1 aromatic carbocycles. The van der Waals surface area contributed by atoms with Gasteiger partial charge in [-0.2, -0.15) is 5.10 Å². The molecule has 1 heterocycles. The third-order valence-corrected chi connectivity index (χ3v) is 4.06. The summed E-state index contributed by atoms with van der Waals surface area (Å²) in [6, 6.07) is 10.5. The largest absolute Gasteiger partial charge is 0.383 e. The van der Waals surface area contributed by atoms with E-state index in [2.05, 4.69) is 47.0 Å². The maximum absolute atomic E-state index is 6.13. The summed E-state index contributed by atoms with van der Waals surface area (Å²) in [5.74, 6) is 1.11. The molecule has 3 nitrogen and oxygen atoms in total. The highest BCUT2D eigenvalue weighted by Gasteiger charge is 2.22. The number of nitrogens with two attached hydrogens (primary N) is 1. The monoisotopic (exact) mass is 307 g/mol. The SMILES string of the molecule is Cc1nn(C(c2ccccc2)C(C)C)c(N)c1Br. The summed E-state index contributed by atoms with van der Waals surface area (Å²) in [4.78, 5) is 0. The van der Waals surface area contributed by atoms with Crippen LogP contribution in [0.25, 0.3) is 0 Å². The summed E-state index contributed by atoms with van der Waals surface area (Å²) in [6.45, 7) is 6.32. The van der Waals surface area contributed by atoms with Crippen LogP contribution in [0.4, 0.5) is 5.82 Å². The Hall–Kier alpha value is -1.29. The molecule has 1 unspecified atom stereocenters. The fourth-order valence-electron chi connectivity index (χ4n) is 2.22. The lowest BCUT2D eigenvalue weighted by Crippen LogP contribution is -2.19. The van der Waals surface area contributed by atoms with Crippen LogP contribution in [-0.2, 0) is 0 Å². The van der Waals surface area contributed by atoms with Crippen LogP contribution in [0.5, 0.6) is 0 Å². The van der Waals surface area contributed by atoms with Crippen LogP contribution in [0.1, 0.15) is 31.1 Å². The second-order valence-electron chi connectivity index (χ2n) is 4.83. The molecule has 0 amide bonds. The van der Waals surface area contributed by atoms with Gasteiger partial charge in [0.15, 0.2) is 0 Å². The van der Waals surface area contributed by atoms with E-state index >= 15 is 0 Å². The fourth-order valence-corrected chi connectivity index (χ4v) is 2.48. The molecule has 0 aliphatic rings. The number of hydrogen-bond acceptors (Lipinski definition) is 2. The molecule has 0 bridgehead atoms. The van der Waals surface area contributed by atoms with Crippen molar-refractivity contribution in [2.24, 2.45) is 5.92 Å². The minimum atomic E-state index is 0.163. The van der Waals surface area contributed by atoms with Crippen molar-refractivity contribution in [2.45, 2.75) is 26.8 Å². The highest BCUT2D eigenvalue weighted by atomic mass is 79.9. The summed E-state index contributed by atoms with van der Waals surface area (Å²) in [6.07, 6.45) is 0. The standard InChI is InChI=1S/C14H18BrN3/c1-9(2)13(11-7-5-4-6-8-11)18-14(16)12(15)10(3)17-18/h4-9,13H,16H2,1-3H3. The van der Waals surface area contributed by atoms with Crippen molar-refractivity contribution in [3.8, 4) is 0 Å². The van der Waals surface area contributed by atoms with E-state index in [9.17, 15) is 0 Å². The molecule has 4 heteroatoms. The predicted molar refractivity (Wildman–Crippen MR) is 78.5 cm³/mol. The van der Waals surface area contributed by atoms with E-state index in [-0.39, 0.29) is 6.04 Å². The molecule has 0 aliphatic heterocycles. The molecular formula is C14H18BrN3. The van der Waals surface area contributed by atoms with Crippen LogP contribution in [0, 0.1) is 12.8 Å². The minimum Gasteiger partial charge on any atom is -0.383 e. The topological polar surface area (TPSA) is 43.8 Å². The zero-order valence-electron chi connectivity index (χ0n) is 10.9. The van der Waals surface area contributed by atoms with Gasteiger partial charge in [0.1, 0.15) is 5.82 Å². The Balaban J connectivity index is 2.52. The third-order valence-electron chi connectivity index (χ3n) is 3.08. The van der Waals surface area contributed by atoms with Crippen LogP contribution >= 0.6 is 15.9 Å². The first kappa shape index (κ1) is 13.1. The Morgan fingerprint density at radius 1 is 1.22 bits per heavy atom. The first-order valence-corrected chi connectivity index (χ1v) is 6.86. The Bertz CT molecular complexity index is 531. The molecule has 18 heavy (non-hydrogen) atoms. The molecule has 0 radical (unpaired) electrons. The number of nitrogen functional groups attached to an aromatic ring is 1. The number of hydrogen-bond donors (Lipinski definition) is 1. The van der Waals surface area contributed by atoms with Gasteiger partial charge in [-0.15, -0.1) is 0 Å². The summed E-state index contributed by atoms with van der Waals surface area (Å²) >= 11 is 3.48. The zero-order valence-corrected chi connectivity index (χ0v) is 12.5. The van der Waals surface area contributed by atoms with Gasteiger partial charge in [-0.05, 0) is 34.3 Å². The molecular weight excluding hydrogens is 290 g/mol. The number of anilines is 1. The zero-order chi connectivity index (χ0) is 13.3. The Kier molecular flexibility index (Phi) is 3.76. The lowest BCUT2D eigenvalue weighted by atomic mass is 9.96. The van der Waals surface area contributed by atoms with Crippen LogP contribution in [0.15, 0.2) is 34.8 Å². The van der Waals surface area contributed by atoms with Crippen LogP contribution in [0.3, 0.4) is 0 Å². The average Bonchev–Trinajstić information content (AvgIpc) is 2.59. The maximum atomic E-state index is 6.13. The first-order valence-electron chi connectivity index (χ1n) is 6.07. The predicted octanol–water partition coefficient (Wildman–Crippen LogP) is 3.78. The molecule has 0 fully saturated rings. The summed E-state index contributed by atoms with van der Waals surface area (Å²) in [5, 5.41) is 4.55.